The number of rotatable bonds is 4. The van der Waals surface area contributed by atoms with Crippen molar-refractivity contribution in [1.29, 1.82) is 0 Å². The Balaban J connectivity index is 2.02. The van der Waals surface area contributed by atoms with Crippen molar-refractivity contribution in [2.75, 3.05) is 5.32 Å². The summed E-state index contributed by atoms with van der Waals surface area (Å²) in [6.45, 7) is 3.42. The summed E-state index contributed by atoms with van der Waals surface area (Å²) in [6, 6.07) is 5.16. The average Bonchev–Trinajstić information content (AvgIpc) is 2.55. The standard InChI is InChI=1S/C17H14BrF3N4/c1-8(10-4-3-5-11(15(10)19)16(20)21)23-17-12-6-14(18)22-7-13(12)24-9(2)25-17/h3-8,16H,1-2H3,(H,23,24,25)/t8-/m1/s1. The van der Waals surface area contributed by atoms with Gasteiger partial charge in [-0.2, -0.15) is 0 Å². The quantitative estimate of drug-likeness (QED) is 0.589. The van der Waals surface area contributed by atoms with Crippen LogP contribution in [0.2, 0.25) is 0 Å². The van der Waals surface area contributed by atoms with Gasteiger partial charge in [-0.05, 0) is 35.8 Å². The molecule has 2 aromatic heterocycles. The molecule has 0 aliphatic heterocycles. The molecule has 3 aromatic rings. The third-order valence-corrected chi connectivity index (χ3v) is 4.21. The van der Waals surface area contributed by atoms with Crippen LogP contribution in [0.4, 0.5) is 19.0 Å². The van der Waals surface area contributed by atoms with Gasteiger partial charge in [0.15, 0.2) is 0 Å². The third-order valence-electron chi connectivity index (χ3n) is 3.77. The van der Waals surface area contributed by atoms with E-state index >= 15 is 0 Å². The first-order chi connectivity index (χ1) is 11.9. The molecule has 0 aliphatic carbocycles. The largest absolute Gasteiger partial charge is 0.363 e. The molecule has 8 heteroatoms. The molecule has 0 spiro atoms. The fourth-order valence-electron chi connectivity index (χ4n) is 2.59. The van der Waals surface area contributed by atoms with E-state index in [9.17, 15) is 13.2 Å². The van der Waals surface area contributed by atoms with Gasteiger partial charge in [0.1, 0.15) is 22.1 Å². The molecular weight excluding hydrogens is 397 g/mol. The van der Waals surface area contributed by atoms with E-state index in [2.05, 4.69) is 36.2 Å². The second kappa shape index (κ2) is 6.95. The maximum Gasteiger partial charge on any atom is 0.266 e. The lowest BCUT2D eigenvalue weighted by atomic mass is 10.0. The molecule has 0 radical (unpaired) electrons. The summed E-state index contributed by atoms with van der Waals surface area (Å²) in [7, 11) is 0. The Bertz CT molecular complexity index is 933. The Morgan fingerprint density at radius 1 is 1.16 bits per heavy atom. The molecule has 0 aliphatic rings. The number of aromatic nitrogens is 3. The predicted octanol–water partition coefficient (Wildman–Crippen LogP) is 5.35. The van der Waals surface area contributed by atoms with E-state index in [1.807, 2.05) is 0 Å². The lowest BCUT2D eigenvalue weighted by Crippen LogP contribution is -2.12. The highest BCUT2D eigenvalue weighted by atomic mass is 79.9. The number of pyridine rings is 1. The van der Waals surface area contributed by atoms with Crippen molar-refractivity contribution in [3.05, 3.63) is 57.8 Å². The van der Waals surface area contributed by atoms with Gasteiger partial charge in [0.05, 0.1) is 23.3 Å². The summed E-state index contributed by atoms with van der Waals surface area (Å²) in [6.07, 6.45) is -1.27. The Morgan fingerprint density at radius 2 is 1.88 bits per heavy atom. The van der Waals surface area contributed by atoms with Gasteiger partial charge in [0.2, 0.25) is 0 Å². The van der Waals surface area contributed by atoms with Gasteiger partial charge in [0.25, 0.3) is 6.43 Å². The molecule has 4 nitrogen and oxygen atoms in total. The Kier molecular flexibility index (Phi) is 4.89. The van der Waals surface area contributed by atoms with Crippen molar-refractivity contribution >= 4 is 32.7 Å². The van der Waals surface area contributed by atoms with Crippen molar-refractivity contribution in [3.8, 4) is 0 Å². The summed E-state index contributed by atoms with van der Waals surface area (Å²) in [4.78, 5) is 12.8. The zero-order valence-corrected chi connectivity index (χ0v) is 15.0. The molecule has 3 rings (SSSR count). The molecular formula is C17H14BrF3N4. The molecule has 0 unspecified atom stereocenters. The van der Waals surface area contributed by atoms with Gasteiger partial charge in [-0.1, -0.05) is 18.2 Å². The van der Waals surface area contributed by atoms with Crippen LogP contribution in [0.25, 0.3) is 10.9 Å². The smallest absolute Gasteiger partial charge is 0.266 e. The summed E-state index contributed by atoms with van der Waals surface area (Å²) < 4.78 is 40.8. The second-order valence-corrected chi connectivity index (χ2v) is 6.37. The van der Waals surface area contributed by atoms with Crippen LogP contribution in [0.1, 0.15) is 36.3 Å². The third kappa shape index (κ3) is 3.58. The van der Waals surface area contributed by atoms with E-state index in [0.717, 1.165) is 6.07 Å². The lowest BCUT2D eigenvalue weighted by molar-refractivity contribution is 0.146. The Morgan fingerprint density at radius 3 is 2.60 bits per heavy atom. The van der Waals surface area contributed by atoms with E-state index in [0.29, 0.717) is 27.1 Å². The van der Waals surface area contributed by atoms with E-state index in [1.165, 1.54) is 12.1 Å². The Hall–Kier alpha value is -2.22. The zero-order chi connectivity index (χ0) is 18.1. The number of hydrogen-bond donors (Lipinski definition) is 1. The van der Waals surface area contributed by atoms with Crippen LogP contribution in [0.3, 0.4) is 0 Å². The van der Waals surface area contributed by atoms with Crippen LogP contribution in [-0.4, -0.2) is 15.0 Å². The first-order valence-corrected chi connectivity index (χ1v) is 8.29. The molecule has 0 bridgehead atoms. The van der Waals surface area contributed by atoms with Crippen LogP contribution < -0.4 is 5.32 Å². The topological polar surface area (TPSA) is 50.7 Å². The molecule has 1 atom stereocenters. The van der Waals surface area contributed by atoms with E-state index in [4.69, 9.17) is 0 Å². The molecule has 0 fully saturated rings. The number of nitrogens with one attached hydrogen (secondary N) is 1. The fourth-order valence-corrected chi connectivity index (χ4v) is 2.92. The summed E-state index contributed by atoms with van der Waals surface area (Å²) in [5.41, 5.74) is 0.171. The number of benzene rings is 1. The maximum atomic E-state index is 14.4. The number of aryl methyl sites for hydroxylation is 1. The first-order valence-electron chi connectivity index (χ1n) is 7.49. The molecule has 2 heterocycles. The number of halogens is 4. The van der Waals surface area contributed by atoms with Gasteiger partial charge in [0, 0.05) is 10.9 Å². The van der Waals surface area contributed by atoms with Crippen molar-refractivity contribution < 1.29 is 13.2 Å². The molecule has 25 heavy (non-hydrogen) atoms. The summed E-state index contributed by atoms with van der Waals surface area (Å²) in [5.74, 6) is 0.100. The van der Waals surface area contributed by atoms with Crippen LogP contribution in [0.5, 0.6) is 0 Å². The van der Waals surface area contributed by atoms with Gasteiger partial charge in [-0.3, -0.25) is 0 Å². The number of nitrogens with zero attached hydrogens (tertiary/aromatic N) is 3. The highest BCUT2D eigenvalue weighted by molar-refractivity contribution is 9.10. The maximum absolute atomic E-state index is 14.4. The number of fused-ring (bicyclic) bond motifs is 1. The van der Waals surface area contributed by atoms with Gasteiger partial charge in [-0.25, -0.2) is 28.1 Å². The summed E-state index contributed by atoms with van der Waals surface area (Å²) in [5, 5.41) is 3.79. The average molecular weight is 411 g/mol. The number of alkyl halides is 2. The summed E-state index contributed by atoms with van der Waals surface area (Å²) >= 11 is 3.30. The minimum Gasteiger partial charge on any atom is -0.363 e. The van der Waals surface area contributed by atoms with E-state index in [-0.39, 0.29) is 5.56 Å². The molecule has 130 valence electrons. The van der Waals surface area contributed by atoms with Crippen LogP contribution in [-0.2, 0) is 0 Å². The van der Waals surface area contributed by atoms with E-state index < -0.39 is 23.8 Å². The van der Waals surface area contributed by atoms with Gasteiger partial charge in [-0.15, -0.1) is 0 Å². The minimum atomic E-state index is -2.86. The lowest BCUT2D eigenvalue weighted by Gasteiger charge is -2.18. The molecule has 0 amide bonds. The van der Waals surface area contributed by atoms with Gasteiger partial charge >= 0.3 is 0 Å². The van der Waals surface area contributed by atoms with Crippen molar-refractivity contribution in [2.45, 2.75) is 26.3 Å². The SMILES string of the molecule is Cc1nc(N[C@H](C)c2cccc(C(F)F)c2F)c2cc(Br)ncc2n1. The first kappa shape index (κ1) is 17.6. The zero-order valence-electron chi connectivity index (χ0n) is 13.4. The fraction of sp³-hybridized carbons (Fsp3) is 0.235. The predicted molar refractivity (Wildman–Crippen MR) is 93.2 cm³/mol. The molecule has 0 saturated carbocycles. The minimum absolute atomic E-state index is 0.148. The molecule has 0 saturated heterocycles. The van der Waals surface area contributed by atoms with Gasteiger partial charge < -0.3 is 5.32 Å². The van der Waals surface area contributed by atoms with Crippen molar-refractivity contribution in [1.82, 2.24) is 15.0 Å². The monoisotopic (exact) mass is 410 g/mol. The second-order valence-electron chi connectivity index (χ2n) is 5.56. The normalized spacial score (nSPS) is 12.6. The van der Waals surface area contributed by atoms with Crippen LogP contribution in [0.15, 0.2) is 35.1 Å². The van der Waals surface area contributed by atoms with E-state index in [1.54, 1.807) is 26.1 Å². The van der Waals surface area contributed by atoms with Crippen molar-refractivity contribution in [2.24, 2.45) is 0 Å². The highest BCUT2D eigenvalue weighted by Gasteiger charge is 2.20. The van der Waals surface area contributed by atoms with Crippen LogP contribution in [0, 0.1) is 12.7 Å². The Labute approximate surface area is 150 Å². The molecule has 1 N–H and O–H groups in total. The number of hydrogen-bond acceptors (Lipinski definition) is 4. The van der Waals surface area contributed by atoms with Crippen molar-refractivity contribution in [3.63, 3.8) is 0 Å². The highest BCUT2D eigenvalue weighted by Crippen LogP contribution is 2.30. The molecule has 1 aromatic carbocycles. The number of anilines is 1. The van der Waals surface area contributed by atoms with Crippen LogP contribution >= 0.6 is 15.9 Å².